The summed E-state index contributed by atoms with van der Waals surface area (Å²) in [6, 6.07) is 8.08. The Labute approximate surface area is 118 Å². The van der Waals surface area contributed by atoms with Gasteiger partial charge in [-0.05, 0) is 25.7 Å². The van der Waals surface area contributed by atoms with E-state index < -0.39 is 5.97 Å². The summed E-state index contributed by atoms with van der Waals surface area (Å²) in [5, 5.41) is 9.34. The molecule has 0 spiro atoms. The summed E-state index contributed by atoms with van der Waals surface area (Å²) in [6.45, 7) is 5.08. The molecule has 20 heavy (non-hydrogen) atoms. The first-order valence-corrected chi connectivity index (χ1v) is 6.96. The number of carbonyl (C=O) groups is 1. The lowest BCUT2D eigenvalue weighted by Crippen LogP contribution is -2.19. The molecule has 2 heterocycles. The zero-order chi connectivity index (χ0) is 14.3. The minimum absolute atomic E-state index is 0.215. The van der Waals surface area contributed by atoms with Crippen molar-refractivity contribution < 1.29 is 9.90 Å². The first-order valence-electron chi connectivity index (χ1n) is 6.96. The maximum atomic E-state index is 11.4. The molecular weight excluding hydrogens is 252 g/mol. The van der Waals surface area contributed by atoms with Crippen LogP contribution < -0.4 is 0 Å². The summed E-state index contributed by atoms with van der Waals surface area (Å²) >= 11 is 0. The molecule has 1 aromatic carbocycles. The first-order chi connectivity index (χ1) is 9.56. The third-order valence-corrected chi connectivity index (χ3v) is 3.95. The molecule has 3 rings (SSSR count). The highest BCUT2D eigenvalue weighted by Gasteiger charge is 2.26. The van der Waals surface area contributed by atoms with E-state index in [9.17, 15) is 9.90 Å². The summed E-state index contributed by atoms with van der Waals surface area (Å²) in [6.07, 6.45) is 1.82. The number of aromatic carboxylic acids is 1. The SMILES string of the molecule is Cc1ccc(-c2nc(C(=O)O)c3n2CC(C)CC3)cc1. The largest absolute Gasteiger partial charge is 0.476 e. The molecule has 0 fully saturated rings. The Morgan fingerprint density at radius 1 is 1.35 bits per heavy atom. The van der Waals surface area contributed by atoms with Gasteiger partial charge < -0.3 is 9.67 Å². The van der Waals surface area contributed by atoms with E-state index in [0.29, 0.717) is 5.92 Å². The lowest BCUT2D eigenvalue weighted by molar-refractivity contribution is 0.0689. The number of nitrogens with zero attached hydrogens (tertiary/aromatic N) is 2. The van der Waals surface area contributed by atoms with E-state index in [1.807, 2.05) is 31.2 Å². The molecule has 0 amide bonds. The van der Waals surface area contributed by atoms with E-state index >= 15 is 0 Å². The Hall–Kier alpha value is -2.10. The van der Waals surface area contributed by atoms with E-state index in [0.717, 1.165) is 36.5 Å². The quantitative estimate of drug-likeness (QED) is 0.912. The zero-order valence-corrected chi connectivity index (χ0v) is 11.8. The number of hydrogen-bond donors (Lipinski definition) is 1. The molecule has 1 unspecified atom stereocenters. The molecule has 1 N–H and O–H groups in total. The lowest BCUT2D eigenvalue weighted by Gasteiger charge is -2.22. The van der Waals surface area contributed by atoms with Gasteiger partial charge in [-0.3, -0.25) is 0 Å². The van der Waals surface area contributed by atoms with Crippen LogP contribution in [0.5, 0.6) is 0 Å². The van der Waals surface area contributed by atoms with Gasteiger partial charge in [0.2, 0.25) is 0 Å². The van der Waals surface area contributed by atoms with Crippen molar-refractivity contribution in [3.05, 3.63) is 41.2 Å². The number of hydrogen-bond acceptors (Lipinski definition) is 2. The van der Waals surface area contributed by atoms with Crippen molar-refractivity contribution in [2.24, 2.45) is 5.92 Å². The van der Waals surface area contributed by atoms with Gasteiger partial charge in [-0.15, -0.1) is 0 Å². The number of aromatic nitrogens is 2. The Bertz CT molecular complexity index is 656. The Kier molecular flexibility index (Phi) is 3.08. The molecule has 1 aliphatic rings. The second-order valence-electron chi connectivity index (χ2n) is 5.66. The normalized spacial score (nSPS) is 17.8. The van der Waals surface area contributed by atoms with Crippen molar-refractivity contribution in [3.63, 3.8) is 0 Å². The van der Waals surface area contributed by atoms with E-state index in [1.165, 1.54) is 5.56 Å². The van der Waals surface area contributed by atoms with Crippen LogP contribution in [-0.2, 0) is 13.0 Å². The summed E-state index contributed by atoms with van der Waals surface area (Å²) in [7, 11) is 0. The zero-order valence-electron chi connectivity index (χ0n) is 11.8. The second-order valence-corrected chi connectivity index (χ2v) is 5.66. The van der Waals surface area contributed by atoms with Crippen LogP contribution in [0.4, 0.5) is 0 Å². The maximum absolute atomic E-state index is 11.4. The topological polar surface area (TPSA) is 55.1 Å². The maximum Gasteiger partial charge on any atom is 0.356 e. The number of aryl methyl sites for hydroxylation is 1. The molecule has 0 saturated heterocycles. The van der Waals surface area contributed by atoms with Gasteiger partial charge in [-0.25, -0.2) is 9.78 Å². The Morgan fingerprint density at radius 3 is 2.70 bits per heavy atom. The molecule has 4 nitrogen and oxygen atoms in total. The van der Waals surface area contributed by atoms with Crippen LogP contribution in [0.1, 0.15) is 35.1 Å². The highest BCUT2D eigenvalue weighted by atomic mass is 16.4. The van der Waals surface area contributed by atoms with Crippen LogP contribution in [0.3, 0.4) is 0 Å². The molecular formula is C16H18N2O2. The summed E-state index contributed by atoms with van der Waals surface area (Å²) in [4.78, 5) is 15.8. The molecule has 1 atom stereocenters. The van der Waals surface area contributed by atoms with Gasteiger partial charge >= 0.3 is 5.97 Å². The van der Waals surface area contributed by atoms with Gasteiger partial charge in [0.1, 0.15) is 5.82 Å². The van der Waals surface area contributed by atoms with Crippen LogP contribution in [0.15, 0.2) is 24.3 Å². The van der Waals surface area contributed by atoms with Gasteiger partial charge in [-0.1, -0.05) is 36.8 Å². The average molecular weight is 270 g/mol. The lowest BCUT2D eigenvalue weighted by atomic mass is 9.98. The fourth-order valence-electron chi connectivity index (χ4n) is 2.82. The fraction of sp³-hybridized carbons (Fsp3) is 0.375. The minimum atomic E-state index is -0.929. The smallest absolute Gasteiger partial charge is 0.356 e. The number of carboxylic acid groups (broad SMARTS) is 1. The van der Waals surface area contributed by atoms with Crippen molar-refractivity contribution in [2.75, 3.05) is 0 Å². The molecule has 4 heteroatoms. The van der Waals surface area contributed by atoms with E-state index in [1.54, 1.807) is 0 Å². The number of benzene rings is 1. The summed E-state index contributed by atoms with van der Waals surface area (Å²) in [5.41, 5.74) is 3.25. The average Bonchev–Trinajstić information content (AvgIpc) is 2.78. The van der Waals surface area contributed by atoms with Gasteiger partial charge in [-0.2, -0.15) is 0 Å². The standard InChI is InChI=1S/C16H18N2O2/c1-10-3-6-12(7-4-10)15-17-14(16(19)20)13-8-5-11(2)9-18(13)15/h3-4,6-7,11H,5,8-9H2,1-2H3,(H,19,20). The van der Waals surface area contributed by atoms with Crippen LogP contribution >= 0.6 is 0 Å². The fourth-order valence-corrected chi connectivity index (χ4v) is 2.82. The van der Waals surface area contributed by atoms with E-state index in [2.05, 4.69) is 16.5 Å². The minimum Gasteiger partial charge on any atom is -0.476 e. The number of rotatable bonds is 2. The van der Waals surface area contributed by atoms with Crippen LogP contribution in [0.2, 0.25) is 0 Å². The highest BCUT2D eigenvalue weighted by Crippen LogP contribution is 2.29. The van der Waals surface area contributed by atoms with Gasteiger partial charge in [0.15, 0.2) is 5.69 Å². The summed E-state index contributed by atoms with van der Waals surface area (Å²) < 4.78 is 2.09. The number of carboxylic acids is 1. The number of fused-ring (bicyclic) bond motifs is 1. The third-order valence-electron chi connectivity index (χ3n) is 3.95. The number of imidazole rings is 1. The first kappa shape index (κ1) is 12.9. The van der Waals surface area contributed by atoms with Gasteiger partial charge in [0, 0.05) is 12.1 Å². The van der Waals surface area contributed by atoms with Gasteiger partial charge in [0.25, 0.3) is 0 Å². The van der Waals surface area contributed by atoms with Crippen molar-refractivity contribution in [1.82, 2.24) is 9.55 Å². The van der Waals surface area contributed by atoms with Crippen molar-refractivity contribution >= 4 is 5.97 Å². The van der Waals surface area contributed by atoms with Gasteiger partial charge in [0.05, 0.1) is 5.69 Å². The molecule has 104 valence electrons. The molecule has 0 radical (unpaired) electrons. The third kappa shape index (κ3) is 2.11. The second kappa shape index (κ2) is 4.78. The molecule has 0 aliphatic carbocycles. The van der Waals surface area contributed by atoms with E-state index in [-0.39, 0.29) is 5.69 Å². The van der Waals surface area contributed by atoms with Crippen molar-refractivity contribution in [3.8, 4) is 11.4 Å². The monoisotopic (exact) mass is 270 g/mol. The van der Waals surface area contributed by atoms with Crippen LogP contribution in [0.25, 0.3) is 11.4 Å². The molecule has 1 aromatic heterocycles. The van der Waals surface area contributed by atoms with Crippen molar-refractivity contribution in [2.45, 2.75) is 33.2 Å². The Balaban J connectivity index is 2.15. The molecule has 2 aromatic rings. The van der Waals surface area contributed by atoms with Crippen LogP contribution in [0, 0.1) is 12.8 Å². The molecule has 0 saturated carbocycles. The van der Waals surface area contributed by atoms with E-state index in [4.69, 9.17) is 0 Å². The van der Waals surface area contributed by atoms with Crippen molar-refractivity contribution in [1.29, 1.82) is 0 Å². The Morgan fingerprint density at radius 2 is 2.05 bits per heavy atom. The summed E-state index contributed by atoms with van der Waals surface area (Å²) in [5.74, 6) is 0.410. The highest BCUT2D eigenvalue weighted by molar-refractivity contribution is 5.88. The molecule has 0 bridgehead atoms. The predicted octanol–water partition coefficient (Wildman–Crippen LogP) is 3.14. The predicted molar refractivity (Wildman–Crippen MR) is 76.8 cm³/mol. The molecule has 1 aliphatic heterocycles. The van der Waals surface area contributed by atoms with Crippen LogP contribution in [-0.4, -0.2) is 20.6 Å².